The van der Waals surface area contributed by atoms with Crippen molar-refractivity contribution in [3.63, 3.8) is 0 Å². The van der Waals surface area contributed by atoms with Crippen LogP contribution in [0, 0.1) is 12.7 Å². The molecule has 5 rings (SSSR count). The van der Waals surface area contributed by atoms with E-state index >= 15 is 0 Å². The van der Waals surface area contributed by atoms with Crippen molar-refractivity contribution in [3.8, 4) is 0 Å². The molecule has 3 amide bonds. The summed E-state index contributed by atoms with van der Waals surface area (Å²) in [5, 5.41) is -0.325. The van der Waals surface area contributed by atoms with Gasteiger partial charge in [-0.2, -0.15) is 0 Å². The number of imide groups is 1. The molecule has 178 valence electrons. The maximum absolute atomic E-state index is 13.7. The number of amides is 3. The van der Waals surface area contributed by atoms with Crippen LogP contribution in [0.2, 0.25) is 25.1 Å². The summed E-state index contributed by atoms with van der Waals surface area (Å²) in [7, 11) is 0. The Hall–Kier alpha value is -2.35. The van der Waals surface area contributed by atoms with Crippen LogP contribution in [0.15, 0.2) is 42.5 Å². The lowest BCUT2D eigenvalue weighted by Crippen LogP contribution is -2.67. The highest BCUT2D eigenvalue weighted by Crippen LogP contribution is 2.49. The molecule has 0 unspecified atom stereocenters. The lowest BCUT2D eigenvalue weighted by molar-refractivity contribution is -0.130. The van der Waals surface area contributed by atoms with E-state index in [9.17, 15) is 18.8 Å². The molecular formula is C24H12Cl5FN2O3. The number of halogens is 6. The van der Waals surface area contributed by atoms with Crippen molar-refractivity contribution in [2.24, 2.45) is 0 Å². The Morgan fingerprint density at radius 3 is 1.77 bits per heavy atom. The van der Waals surface area contributed by atoms with E-state index < -0.39 is 35.6 Å². The molecule has 3 aromatic rings. The van der Waals surface area contributed by atoms with Gasteiger partial charge in [0.05, 0.1) is 37.3 Å². The van der Waals surface area contributed by atoms with Gasteiger partial charge in [0.25, 0.3) is 17.7 Å². The second-order valence-corrected chi connectivity index (χ2v) is 10.0. The van der Waals surface area contributed by atoms with Crippen molar-refractivity contribution in [1.82, 2.24) is 4.90 Å². The Labute approximate surface area is 223 Å². The van der Waals surface area contributed by atoms with Crippen LogP contribution in [0.3, 0.4) is 0 Å². The standard InChI is InChI=1S/C24H12Cl5FN2O3/c1-9-8-11(25)4-7-13(9)31-20(10-2-5-12(30)6-3-10)21(24(31)35)32-22(33)14-15(23(32)34)17(27)19(29)18(28)16(14)26/h2-8,20-21H,1H3/t20-,21+/m0/s1. The highest BCUT2D eigenvalue weighted by Gasteiger charge is 2.58. The van der Waals surface area contributed by atoms with Crippen molar-refractivity contribution in [3.05, 3.63) is 95.6 Å². The van der Waals surface area contributed by atoms with Crippen LogP contribution < -0.4 is 4.90 Å². The van der Waals surface area contributed by atoms with Gasteiger partial charge in [-0.25, -0.2) is 4.39 Å². The van der Waals surface area contributed by atoms with Gasteiger partial charge in [-0.15, -0.1) is 0 Å². The zero-order valence-electron chi connectivity index (χ0n) is 17.6. The number of β-lactam (4-membered cyclic amide) rings is 1. The summed E-state index contributed by atoms with van der Waals surface area (Å²) >= 11 is 30.8. The molecule has 2 aliphatic rings. The van der Waals surface area contributed by atoms with Gasteiger partial charge >= 0.3 is 0 Å². The topological polar surface area (TPSA) is 57.7 Å². The quantitative estimate of drug-likeness (QED) is 0.145. The average Bonchev–Trinajstić information content (AvgIpc) is 3.07. The third-order valence-corrected chi connectivity index (χ3v) is 8.15. The number of aryl methyl sites for hydroxylation is 1. The van der Waals surface area contributed by atoms with Crippen LogP contribution in [-0.4, -0.2) is 28.7 Å². The van der Waals surface area contributed by atoms with E-state index in [1.54, 1.807) is 25.1 Å². The predicted octanol–water partition coefficient (Wildman–Crippen LogP) is 7.15. The van der Waals surface area contributed by atoms with Gasteiger partial charge in [0.2, 0.25) is 0 Å². The Balaban J connectivity index is 1.65. The number of fused-ring (bicyclic) bond motifs is 1. The molecule has 0 aromatic heterocycles. The first-order valence-corrected chi connectivity index (χ1v) is 12.0. The minimum Gasteiger partial charge on any atom is -0.300 e. The molecule has 3 aromatic carbocycles. The third-order valence-electron chi connectivity index (χ3n) is 6.11. The lowest BCUT2D eigenvalue weighted by Gasteiger charge is -2.50. The summed E-state index contributed by atoms with van der Waals surface area (Å²) in [5.41, 5.74) is 1.30. The maximum atomic E-state index is 13.7. The van der Waals surface area contributed by atoms with Gasteiger partial charge in [-0.3, -0.25) is 19.3 Å². The van der Waals surface area contributed by atoms with Gasteiger partial charge in [0.15, 0.2) is 0 Å². The van der Waals surface area contributed by atoms with Crippen LogP contribution in [0.4, 0.5) is 10.1 Å². The first kappa shape index (κ1) is 24.3. The summed E-state index contributed by atoms with van der Waals surface area (Å²) in [6.07, 6.45) is 0. The summed E-state index contributed by atoms with van der Waals surface area (Å²) in [6.45, 7) is 1.77. The molecule has 2 aliphatic heterocycles. The number of nitrogens with zero attached hydrogens (tertiary/aromatic N) is 2. The lowest BCUT2D eigenvalue weighted by atomic mass is 9.85. The van der Waals surface area contributed by atoms with E-state index in [-0.39, 0.29) is 31.2 Å². The SMILES string of the molecule is Cc1cc(Cl)ccc1N1C(=O)[C@H](N2C(=O)c3c(Cl)c(Cl)c(Cl)c(Cl)c3C2=O)[C@@H]1c1ccc(F)cc1. The van der Waals surface area contributed by atoms with Crippen LogP contribution in [0.5, 0.6) is 0 Å². The molecule has 11 heteroatoms. The molecule has 0 N–H and O–H groups in total. The second-order valence-electron chi connectivity index (χ2n) is 8.07. The van der Waals surface area contributed by atoms with E-state index in [2.05, 4.69) is 0 Å². The molecule has 0 spiro atoms. The van der Waals surface area contributed by atoms with E-state index in [4.69, 9.17) is 58.0 Å². The molecule has 2 atom stereocenters. The Morgan fingerprint density at radius 1 is 0.714 bits per heavy atom. The number of hydrogen-bond donors (Lipinski definition) is 0. The normalized spacial score (nSPS) is 19.3. The first-order valence-electron chi connectivity index (χ1n) is 10.1. The van der Waals surface area contributed by atoms with Gasteiger partial charge in [0.1, 0.15) is 11.9 Å². The number of anilines is 1. The number of rotatable bonds is 3. The third kappa shape index (κ3) is 3.54. The molecule has 35 heavy (non-hydrogen) atoms. The number of hydrogen-bond acceptors (Lipinski definition) is 3. The van der Waals surface area contributed by atoms with Crippen molar-refractivity contribution in [1.29, 1.82) is 0 Å². The molecule has 2 heterocycles. The molecule has 0 saturated carbocycles. The molecular weight excluding hydrogens is 561 g/mol. The minimum absolute atomic E-state index is 0.173. The largest absolute Gasteiger partial charge is 0.300 e. The average molecular weight is 573 g/mol. The smallest absolute Gasteiger partial charge is 0.264 e. The predicted molar refractivity (Wildman–Crippen MR) is 134 cm³/mol. The zero-order chi connectivity index (χ0) is 25.3. The van der Waals surface area contributed by atoms with Crippen LogP contribution in [0.1, 0.15) is 37.9 Å². The zero-order valence-corrected chi connectivity index (χ0v) is 21.4. The van der Waals surface area contributed by atoms with E-state index in [0.717, 1.165) is 4.90 Å². The number of benzene rings is 3. The number of carbonyl (C=O) groups is 3. The van der Waals surface area contributed by atoms with Crippen LogP contribution in [-0.2, 0) is 4.79 Å². The molecule has 0 aliphatic carbocycles. The summed E-state index contributed by atoms with van der Waals surface area (Å²) in [4.78, 5) is 42.6. The number of carbonyl (C=O) groups excluding carboxylic acids is 3. The van der Waals surface area contributed by atoms with E-state index in [1.807, 2.05) is 0 Å². The first-order chi connectivity index (χ1) is 16.5. The van der Waals surface area contributed by atoms with Crippen LogP contribution in [0.25, 0.3) is 0 Å². The summed E-state index contributed by atoms with van der Waals surface area (Å²) < 4.78 is 13.7. The van der Waals surface area contributed by atoms with Crippen molar-refractivity contribution < 1.29 is 18.8 Å². The van der Waals surface area contributed by atoms with Crippen molar-refractivity contribution >= 4 is 81.4 Å². The highest BCUT2D eigenvalue weighted by atomic mass is 35.5. The molecule has 1 fully saturated rings. The van der Waals surface area contributed by atoms with Crippen molar-refractivity contribution in [2.75, 3.05) is 4.90 Å². The van der Waals surface area contributed by atoms with Gasteiger partial charge in [-0.1, -0.05) is 70.1 Å². The Morgan fingerprint density at radius 2 is 1.26 bits per heavy atom. The fraction of sp³-hybridized carbons (Fsp3) is 0.125. The monoisotopic (exact) mass is 570 g/mol. The molecule has 0 radical (unpaired) electrons. The van der Waals surface area contributed by atoms with Gasteiger partial charge < -0.3 is 4.90 Å². The summed E-state index contributed by atoms with van der Waals surface area (Å²) in [5.74, 6) is -2.65. The Bertz CT molecular complexity index is 1410. The maximum Gasteiger partial charge on any atom is 0.264 e. The van der Waals surface area contributed by atoms with Gasteiger partial charge in [0, 0.05) is 10.7 Å². The van der Waals surface area contributed by atoms with E-state index in [1.165, 1.54) is 29.2 Å². The fourth-order valence-corrected chi connectivity index (χ4v) is 5.73. The molecule has 0 bridgehead atoms. The van der Waals surface area contributed by atoms with Crippen LogP contribution >= 0.6 is 58.0 Å². The summed E-state index contributed by atoms with van der Waals surface area (Å²) in [6, 6.07) is 8.37. The highest BCUT2D eigenvalue weighted by molar-refractivity contribution is 6.55. The van der Waals surface area contributed by atoms with E-state index in [0.29, 0.717) is 21.8 Å². The Kier molecular flexibility index (Phi) is 6.01. The van der Waals surface area contributed by atoms with Gasteiger partial charge in [-0.05, 0) is 48.4 Å². The minimum atomic E-state index is -1.24. The molecule has 5 nitrogen and oxygen atoms in total. The molecule has 1 saturated heterocycles. The fourth-order valence-electron chi connectivity index (χ4n) is 4.49. The second kappa shape index (κ2) is 8.64. The van der Waals surface area contributed by atoms with Crippen molar-refractivity contribution in [2.45, 2.75) is 19.0 Å².